The Morgan fingerprint density at radius 1 is 1.18 bits per heavy atom. The molecule has 2 bridgehead atoms. The van der Waals surface area contributed by atoms with Crippen molar-refractivity contribution in [1.29, 1.82) is 10.8 Å². The van der Waals surface area contributed by atoms with Crippen molar-refractivity contribution in [3.05, 3.63) is 11.6 Å². The Kier molecular flexibility index (Phi) is 0.821. The lowest BCUT2D eigenvalue weighted by molar-refractivity contribution is 0.253. The molecule has 1 atom stereocenters. The summed E-state index contributed by atoms with van der Waals surface area (Å²) >= 11 is 0. The van der Waals surface area contributed by atoms with Gasteiger partial charge >= 0.3 is 0 Å². The first kappa shape index (κ1) is 6.77. The maximum absolute atomic E-state index is 7.68. The number of hydrogen-bond donors (Lipinski definition) is 2. The van der Waals surface area contributed by atoms with Gasteiger partial charge in [0.15, 0.2) is 0 Å². The summed E-state index contributed by atoms with van der Waals surface area (Å²) in [5.74, 6) is 0. The van der Waals surface area contributed by atoms with E-state index in [2.05, 4.69) is 19.9 Å². The molecule has 0 saturated heterocycles. The molecule has 0 spiro atoms. The molecule has 3 aliphatic rings. The molecule has 2 nitrogen and oxygen atoms in total. The van der Waals surface area contributed by atoms with Crippen molar-refractivity contribution >= 4 is 11.4 Å². The van der Waals surface area contributed by atoms with E-state index >= 15 is 0 Å². The van der Waals surface area contributed by atoms with Crippen LogP contribution >= 0.6 is 0 Å². The van der Waals surface area contributed by atoms with E-state index in [4.69, 9.17) is 10.8 Å². The minimum absolute atomic E-state index is 0.0428. The zero-order chi connectivity index (χ0) is 8.44. The fraction of sp³-hybridized carbons (Fsp3) is 0.556. The average Bonchev–Trinajstić information content (AvgIpc) is 2.22. The molecule has 0 radical (unpaired) electrons. The van der Waals surface area contributed by atoms with Crippen LogP contribution in [0.4, 0.5) is 0 Å². The Balaban J connectivity index is 2.64. The van der Waals surface area contributed by atoms with Gasteiger partial charge in [0.25, 0.3) is 0 Å². The number of nitrogens with one attached hydrogen (secondary N) is 2. The van der Waals surface area contributed by atoms with E-state index < -0.39 is 0 Å². The molecule has 0 aromatic heterocycles. The lowest BCUT2D eigenvalue weighted by atomic mass is 9.59. The van der Waals surface area contributed by atoms with E-state index in [1.807, 2.05) is 6.92 Å². The molecule has 1 unspecified atom stereocenters. The smallest absolute Gasteiger partial charge is 0.0791 e. The summed E-state index contributed by atoms with van der Waals surface area (Å²) in [6.07, 6.45) is 2.05. The van der Waals surface area contributed by atoms with Crippen LogP contribution in [0.5, 0.6) is 0 Å². The molecule has 2 heteroatoms. The fourth-order valence-corrected chi connectivity index (χ4v) is 2.02. The summed E-state index contributed by atoms with van der Waals surface area (Å²) in [7, 11) is 0. The van der Waals surface area contributed by atoms with Gasteiger partial charge in [-0.25, -0.2) is 0 Å². The van der Waals surface area contributed by atoms with Crippen molar-refractivity contribution in [2.45, 2.75) is 20.8 Å². The van der Waals surface area contributed by atoms with E-state index in [1.54, 1.807) is 0 Å². The first-order valence-electron chi connectivity index (χ1n) is 3.83. The average molecular weight is 148 g/mol. The quantitative estimate of drug-likeness (QED) is 0.528. The highest BCUT2D eigenvalue weighted by Gasteiger charge is 2.61. The van der Waals surface area contributed by atoms with Crippen LogP contribution < -0.4 is 0 Å². The zero-order valence-electron chi connectivity index (χ0n) is 7.08. The van der Waals surface area contributed by atoms with Crippen molar-refractivity contribution in [2.24, 2.45) is 10.8 Å². The Morgan fingerprint density at radius 3 is 1.82 bits per heavy atom. The normalized spacial score (nSPS) is 38.6. The monoisotopic (exact) mass is 148 g/mol. The van der Waals surface area contributed by atoms with E-state index in [-0.39, 0.29) is 10.8 Å². The van der Waals surface area contributed by atoms with Crippen LogP contribution in [0.3, 0.4) is 0 Å². The van der Waals surface area contributed by atoms with Crippen molar-refractivity contribution in [1.82, 2.24) is 0 Å². The minimum Gasteiger partial charge on any atom is -0.302 e. The number of allylic oxidation sites excluding steroid dienone is 2. The van der Waals surface area contributed by atoms with Crippen LogP contribution in [-0.4, -0.2) is 11.4 Å². The van der Waals surface area contributed by atoms with Crippen LogP contribution in [0, 0.1) is 21.6 Å². The SMILES string of the molecule is CC1(C)C2=CC1(C)C(=N)C2=N. The maximum Gasteiger partial charge on any atom is 0.0791 e. The first-order valence-corrected chi connectivity index (χ1v) is 3.83. The molecular weight excluding hydrogens is 136 g/mol. The predicted octanol–water partition coefficient (Wildman–Crippen LogP) is 2.01. The second-order valence-electron chi connectivity index (χ2n) is 4.14. The van der Waals surface area contributed by atoms with E-state index in [9.17, 15) is 0 Å². The molecule has 1 fully saturated rings. The molecule has 2 N–H and O–H groups in total. The van der Waals surface area contributed by atoms with Crippen LogP contribution in [0.25, 0.3) is 0 Å². The van der Waals surface area contributed by atoms with Gasteiger partial charge in [0.2, 0.25) is 0 Å². The van der Waals surface area contributed by atoms with E-state index in [0.29, 0.717) is 11.4 Å². The maximum atomic E-state index is 7.68. The molecule has 0 aliphatic heterocycles. The Morgan fingerprint density at radius 2 is 1.73 bits per heavy atom. The highest BCUT2D eigenvalue weighted by Crippen LogP contribution is 2.61. The lowest BCUT2D eigenvalue weighted by Crippen LogP contribution is -2.39. The van der Waals surface area contributed by atoms with Gasteiger partial charge in [-0.1, -0.05) is 19.9 Å². The fourth-order valence-electron chi connectivity index (χ4n) is 2.02. The second-order valence-corrected chi connectivity index (χ2v) is 4.14. The zero-order valence-corrected chi connectivity index (χ0v) is 7.08. The van der Waals surface area contributed by atoms with Gasteiger partial charge in [-0.15, -0.1) is 0 Å². The van der Waals surface area contributed by atoms with E-state index in [1.165, 1.54) is 0 Å². The van der Waals surface area contributed by atoms with Crippen LogP contribution in [-0.2, 0) is 0 Å². The molecule has 3 rings (SSSR count). The topological polar surface area (TPSA) is 47.7 Å². The molecule has 0 amide bonds. The van der Waals surface area contributed by atoms with Crippen LogP contribution in [0.1, 0.15) is 20.8 Å². The van der Waals surface area contributed by atoms with Gasteiger partial charge in [0, 0.05) is 10.8 Å². The lowest BCUT2D eigenvalue weighted by Gasteiger charge is -2.43. The summed E-state index contributed by atoms with van der Waals surface area (Å²) < 4.78 is 0. The molecule has 58 valence electrons. The number of rotatable bonds is 0. The summed E-state index contributed by atoms with van der Waals surface area (Å²) in [5, 5.41) is 15.3. The van der Waals surface area contributed by atoms with Crippen molar-refractivity contribution < 1.29 is 0 Å². The molecule has 1 saturated carbocycles. The van der Waals surface area contributed by atoms with Gasteiger partial charge in [0.05, 0.1) is 11.4 Å². The Hall–Kier alpha value is -0.920. The van der Waals surface area contributed by atoms with Crippen LogP contribution in [0.2, 0.25) is 0 Å². The summed E-state index contributed by atoms with van der Waals surface area (Å²) in [4.78, 5) is 0. The third kappa shape index (κ3) is 0.416. The number of hydrogen-bond acceptors (Lipinski definition) is 2. The highest BCUT2D eigenvalue weighted by atomic mass is 14.7. The van der Waals surface area contributed by atoms with Gasteiger partial charge in [-0.3, -0.25) is 5.41 Å². The van der Waals surface area contributed by atoms with E-state index in [0.717, 1.165) is 5.57 Å². The molecule has 0 aromatic carbocycles. The standard InChI is InChI=1S/C9H12N2/c1-8(2)5-4-9(8,3)7(11)6(5)10/h4,10-11H,1-3H3. The Labute approximate surface area is 66.3 Å². The van der Waals surface area contributed by atoms with Crippen molar-refractivity contribution in [2.75, 3.05) is 0 Å². The summed E-state index contributed by atoms with van der Waals surface area (Å²) in [6.45, 7) is 6.26. The molecular formula is C9H12N2. The largest absolute Gasteiger partial charge is 0.302 e. The van der Waals surface area contributed by atoms with Gasteiger partial charge in [-0.2, -0.15) is 0 Å². The van der Waals surface area contributed by atoms with Crippen LogP contribution in [0.15, 0.2) is 11.6 Å². The summed E-state index contributed by atoms with van der Waals surface area (Å²) in [6, 6.07) is 0. The number of fused-ring (bicyclic) bond motifs is 1. The highest BCUT2D eigenvalue weighted by molar-refractivity contribution is 6.54. The van der Waals surface area contributed by atoms with Crippen molar-refractivity contribution in [3.8, 4) is 0 Å². The summed E-state index contributed by atoms with van der Waals surface area (Å²) in [5.41, 5.74) is 1.92. The third-order valence-corrected chi connectivity index (χ3v) is 3.44. The Bertz CT molecular complexity index is 310. The van der Waals surface area contributed by atoms with Crippen molar-refractivity contribution in [3.63, 3.8) is 0 Å². The second kappa shape index (κ2) is 1.33. The predicted molar refractivity (Wildman–Crippen MR) is 45.4 cm³/mol. The minimum atomic E-state index is -0.139. The molecule has 3 aliphatic carbocycles. The molecule has 0 heterocycles. The third-order valence-electron chi connectivity index (χ3n) is 3.44. The molecule has 0 aromatic rings. The van der Waals surface area contributed by atoms with Gasteiger partial charge in [0.1, 0.15) is 0 Å². The first-order chi connectivity index (χ1) is 4.91. The molecule has 11 heavy (non-hydrogen) atoms. The van der Waals surface area contributed by atoms with Gasteiger partial charge in [-0.05, 0) is 12.5 Å². The van der Waals surface area contributed by atoms with Gasteiger partial charge < -0.3 is 5.41 Å².